The number of nitrogen functional groups attached to an aromatic ring is 1. The molecule has 2 amide bonds. The standard InChI is InChI=1S/C35H37N5O2/c1-25-12-13-28(22-31(25)36)34(41)39-16-14-30(15-17-39)38-18-20-40(21-19-38)35(42)29-23-32(26-8-4-2-5-9-26)37-33(24-29)27-10-6-3-7-11-27/h2-13,22-24,30H,14-21,36H2,1H3. The fraction of sp³-hybridized carbons (Fsp3) is 0.286. The molecule has 7 nitrogen and oxygen atoms in total. The average molecular weight is 560 g/mol. The van der Waals surface area contributed by atoms with Gasteiger partial charge in [-0.2, -0.15) is 0 Å². The third-order valence-electron chi connectivity index (χ3n) is 8.61. The zero-order valence-electron chi connectivity index (χ0n) is 24.1. The van der Waals surface area contributed by atoms with Crippen LogP contribution in [0.5, 0.6) is 0 Å². The number of pyridine rings is 1. The van der Waals surface area contributed by atoms with Gasteiger partial charge in [0, 0.05) is 73.3 Å². The lowest BCUT2D eigenvalue weighted by Gasteiger charge is -2.42. The number of amides is 2. The van der Waals surface area contributed by atoms with Crippen LogP contribution in [0.15, 0.2) is 91.0 Å². The highest BCUT2D eigenvalue weighted by molar-refractivity contribution is 5.97. The van der Waals surface area contributed by atoms with Crippen LogP contribution in [0.4, 0.5) is 5.69 Å². The molecule has 0 spiro atoms. The van der Waals surface area contributed by atoms with Crippen molar-refractivity contribution in [1.82, 2.24) is 19.7 Å². The number of nitrogens with two attached hydrogens (primary N) is 1. The van der Waals surface area contributed by atoms with Crippen LogP contribution in [-0.2, 0) is 0 Å². The van der Waals surface area contributed by atoms with Gasteiger partial charge in [-0.3, -0.25) is 14.5 Å². The molecule has 3 heterocycles. The van der Waals surface area contributed by atoms with E-state index in [4.69, 9.17) is 10.7 Å². The van der Waals surface area contributed by atoms with Gasteiger partial charge in [0.2, 0.25) is 0 Å². The van der Waals surface area contributed by atoms with E-state index < -0.39 is 0 Å². The molecule has 214 valence electrons. The predicted molar refractivity (Wildman–Crippen MR) is 167 cm³/mol. The zero-order chi connectivity index (χ0) is 29.1. The number of piperidine rings is 1. The van der Waals surface area contributed by atoms with Crippen molar-refractivity contribution in [1.29, 1.82) is 0 Å². The summed E-state index contributed by atoms with van der Waals surface area (Å²) in [6.07, 6.45) is 1.87. The van der Waals surface area contributed by atoms with Gasteiger partial charge in [0.05, 0.1) is 11.4 Å². The molecule has 0 unspecified atom stereocenters. The maximum absolute atomic E-state index is 13.8. The number of hydrogen-bond acceptors (Lipinski definition) is 5. The SMILES string of the molecule is Cc1ccc(C(=O)N2CCC(N3CCN(C(=O)c4cc(-c5ccccc5)nc(-c5ccccc5)c4)CC3)CC2)cc1N. The van der Waals surface area contributed by atoms with Gasteiger partial charge in [0.1, 0.15) is 0 Å². The lowest BCUT2D eigenvalue weighted by Crippen LogP contribution is -2.54. The van der Waals surface area contributed by atoms with Gasteiger partial charge in [0.15, 0.2) is 0 Å². The summed E-state index contributed by atoms with van der Waals surface area (Å²) in [5, 5.41) is 0. The first-order valence-electron chi connectivity index (χ1n) is 14.8. The van der Waals surface area contributed by atoms with Gasteiger partial charge in [-0.25, -0.2) is 4.98 Å². The number of carbonyl (C=O) groups is 2. The Morgan fingerprint density at radius 3 is 1.74 bits per heavy atom. The van der Waals surface area contributed by atoms with Crippen LogP contribution in [0.3, 0.4) is 0 Å². The van der Waals surface area contributed by atoms with Crippen LogP contribution in [0.2, 0.25) is 0 Å². The number of likely N-dealkylation sites (tertiary alicyclic amines) is 1. The van der Waals surface area contributed by atoms with Crippen LogP contribution in [0.1, 0.15) is 39.1 Å². The number of carbonyl (C=O) groups excluding carboxylic acids is 2. The van der Waals surface area contributed by atoms with Crippen molar-refractivity contribution in [2.45, 2.75) is 25.8 Å². The van der Waals surface area contributed by atoms with Crippen molar-refractivity contribution < 1.29 is 9.59 Å². The molecule has 0 radical (unpaired) electrons. The van der Waals surface area contributed by atoms with Crippen molar-refractivity contribution in [3.63, 3.8) is 0 Å². The summed E-state index contributed by atoms with van der Waals surface area (Å²) in [4.78, 5) is 38.1. The second-order valence-corrected chi connectivity index (χ2v) is 11.3. The van der Waals surface area contributed by atoms with E-state index in [2.05, 4.69) is 4.90 Å². The van der Waals surface area contributed by atoms with E-state index in [1.807, 2.05) is 102 Å². The third kappa shape index (κ3) is 5.92. The molecular weight excluding hydrogens is 522 g/mol. The molecule has 2 saturated heterocycles. The number of nitrogens with zero attached hydrogens (tertiary/aromatic N) is 4. The Balaban J connectivity index is 1.10. The van der Waals surface area contributed by atoms with Gasteiger partial charge in [-0.1, -0.05) is 66.7 Å². The topological polar surface area (TPSA) is 82.8 Å². The van der Waals surface area contributed by atoms with Crippen LogP contribution >= 0.6 is 0 Å². The van der Waals surface area contributed by atoms with E-state index >= 15 is 0 Å². The number of aromatic nitrogens is 1. The van der Waals surface area contributed by atoms with E-state index in [9.17, 15) is 9.59 Å². The van der Waals surface area contributed by atoms with Crippen molar-refractivity contribution in [2.75, 3.05) is 45.0 Å². The molecule has 0 atom stereocenters. The summed E-state index contributed by atoms with van der Waals surface area (Å²) in [5.41, 5.74) is 12.6. The Morgan fingerprint density at radius 1 is 0.667 bits per heavy atom. The molecule has 2 aliphatic rings. The molecule has 0 saturated carbocycles. The molecule has 2 aliphatic heterocycles. The first-order valence-corrected chi connectivity index (χ1v) is 14.8. The van der Waals surface area contributed by atoms with Gasteiger partial charge in [-0.05, 0) is 49.6 Å². The highest BCUT2D eigenvalue weighted by Crippen LogP contribution is 2.27. The summed E-state index contributed by atoms with van der Waals surface area (Å²) >= 11 is 0. The molecule has 4 aromatic rings. The Morgan fingerprint density at radius 2 is 1.19 bits per heavy atom. The number of anilines is 1. The third-order valence-corrected chi connectivity index (χ3v) is 8.61. The van der Waals surface area contributed by atoms with Gasteiger partial charge < -0.3 is 15.5 Å². The quantitative estimate of drug-likeness (QED) is 0.333. The molecule has 1 aromatic heterocycles. The fourth-order valence-corrected chi connectivity index (χ4v) is 6.03. The lowest BCUT2D eigenvalue weighted by atomic mass is 10.0. The van der Waals surface area contributed by atoms with Gasteiger partial charge >= 0.3 is 0 Å². The maximum Gasteiger partial charge on any atom is 0.254 e. The minimum absolute atomic E-state index is 0.0456. The number of benzene rings is 3. The summed E-state index contributed by atoms with van der Waals surface area (Å²) in [6, 6.07) is 29.9. The lowest BCUT2D eigenvalue weighted by molar-refractivity contribution is 0.0412. The molecule has 42 heavy (non-hydrogen) atoms. The van der Waals surface area contributed by atoms with Crippen molar-refractivity contribution in [3.05, 3.63) is 108 Å². The number of rotatable bonds is 5. The van der Waals surface area contributed by atoms with Gasteiger partial charge in [0.25, 0.3) is 11.8 Å². The molecule has 7 heteroatoms. The molecule has 0 aliphatic carbocycles. The van der Waals surface area contributed by atoms with Crippen molar-refractivity contribution in [3.8, 4) is 22.5 Å². The second-order valence-electron chi connectivity index (χ2n) is 11.3. The summed E-state index contributed by atoms with van der Waals surface area (Å²) in [5.74, 6) is 0.0989. The van der Waals surface area contributed by atoms with E-state index in [-0.39, 0.29) is 11.8 Å². The minimum Gasteiger partial charge on any atom is -0.398 e. The highest BCUT2D eigenvalue weighted by Gasteiger charge is 2.31. The normalized spacial score (nSPS) is 16.4. The number of aryl methyl sites for hydroxylation is 1. The van der Waals surface area contributed by atoms with Crippen LogP contribution in [-0.4, -0.2) is 76.8 Å². The minimum atomic E-state index is 0.0456. The average Bonchev–Trinajstić information content (AvgIpc) is 3.06. The summed E-state index contributed by atoms with van der Waals surface area (Å²) in [6.45, 7) is 6.45. The number of piperazine rings is 1. The van der Waals surface area contributed by atoms with E-state index in [1.165, 1.54) is 0 Å². The van der Waals surface area contributed by atoms with E-state index in [1.54, 1.807) is 6.07 Å². The molecule has 6 rings (SSSR count). The Kier molecular flexibility index (Phi) is 8.02. The van der Waals surface area contributed by atoms with Crippen LogP contribution < -0.4 is 5.73 Å². The maximum atomic E-state index is 13.8. The highest BCUT2D eigenvalue weighted by atomic mass is 16.2. The van der Waals surface area contributed by atoms with Crippen LogP contribution in [0.25, 0.3) is 22.5 Å². The molecular formula is C35H37N5O2. The molecule has 2 N–H and O–H groups in total. The fourth-order valence-electron chi connectivity index (χ4n) is 6.03. The largest absolute Gasteiger partial charge is 0.398 e. The smallest absolute Gasteiger partial charge is 0.254 e. The first-order chi connectivity index (χ1) is 20.5. The number of hydrogen-bond donors (Lipinski definition) is 1. The molecule has 3 aromatic carbocycles. The molecule has 0 bridgehead atoms. The molecule has 2 fully saturated rings. The van der Waals surface area contributed by atoms with E-state index in [0.29, 0.717) is 35.9 Å². The Hall–Kier alpha value is -4.49. The first kappa shape index (κ1) is 27.7. The second kappa shape index (κ2) is 12.2. The van der Waals surface area contributed by atoms with E-state index in [0.717, 1.165) is 67.1 Å². The Bertz CT molecular complexity index is 1500. The van der Waals surface area contributed by atoms with Crippen LogP contribution in [0, 0.1) is 6.92 Å². The summed E-state index contributed by atoms with van der Waals surface area (Å²) in [7, 11) is 0. The summed E-state index contributed by atoms with van der Waals surface area (Å²) < 4.78 is 0. The monoisotopic (exact) mass is 559 g/mol. The van der Waals surface area contributed by atoms with Gasteiger partial charge in [-0.15, -0.1) is 0 Å². The Labute approximate surface area is 247 Å². The zero-order valence-corrected chi connectivity index (χ0v) is 24.1. The predicted octanol–water partition coefficient (Wildman–Crippen LogP) is 5.37. The van der Waals surface area contributed by atoms with Crippen molar-refractivity contribution in [2.24, 2.45) is 0 Å². The van der Waals surface area contributed by atoms with Crippen molar-refractivity contribution >= 4 is 17.5 Å².